The average molecular weight is 223 g/mol. The third kappa shape index (κ3) is 2.41. The second kappa shape index (κ2) is 5.03. The normalized spacial score (nSPS) is 39.4. The van der Waals surface area contributed by atoms with Crippen molar-refractivity contribution in [2.75, 3.05) is 45.8 Å². The molecule has 92 valence electrons. The zero-order chi connectivity index (χ0) is 10.8. The Bertz CT molecular complexity index is 217. The van der Waals surface area contributed by atoms with Gasteiger partial charge in [-0.1, -0.05) is 12.8 Å². The molecule has 2 bridgehead atoms. The van der Waals surface area contributed by atoms with Crippen molar-refractivity contribution in [2.45, 2.75) is 31.7 Å². The van der Waals surface area contributed by atoms with Crippen LogP contribution in [0.3, 0.4) is 0 Å². The third-order valence-electron chi connectivity index (χ3n) is 4.68. The van der Waals surface area contributed by atoms with Crippen LogP contribution in [0.15, 0.2) is 0 Å². The molecule has 3 aliphatic heterocycles. The highest BCUT2D eigenvalue weighted by molar-refractivity contribution is 4.89. The number of fused-ring (bicyclic) bond motifs is 3. The molecule has 3 saturated heterocycles. The summed E-state index contributed by atoms with van der Waals surface area (Å²) in [5.74, 6) is 0.982. The van der Waals surface area contributed by atoms with Gasteiger partial charge in [0.15, 0.2) is 0 Å². The quantitative estimate of drug-likeness (QED) is 0.759. The van der Waals surface area contributed by atoms with Gasteiger partial charge >= 0.3 is 0 Å². The lowest BCUT2D eigenvalue weighted by atomic mass is 10.1. The van der Waals surface area contributed by atoms with Gasteiger partial charge in [-0.2, -0.15) is 0 Å². The maximum Gasteiger partial charge on any atom is 0.0349 e. The third-order valence-corrected chi connectivity index (χ3v) is 4.68. The molecular weight excluding hydrogens is 198 g/mol. The second-order valence-electron chi connectivity index (χ2n) is 5.80. The Morgan fingerprint density at radius 1 is 0.938 bits per heavy atom. The van der Waals surface area contributed by atoms with Crippen molar-refractivity contribution in [1.29, 1.82) is 0 Å². The summed E-state index contributed by atoms with van der Waals surface area (Å²) in [6, 6.07) is 0.795. The van der Waals surface area contributed by atoms with Crippen LogP contribution >= 0.6 is 0 Å². The maximum absolute atomic E-state index is 3.71. The Balaban J connectivity index is 1.38. The summed E-state index contributed by atoms with van der Waals surface area (Å²) in [5, 5.41) is 3.71. The highest BCUT2D eigenvalue weighted by Gasteiger charge is 2.31. The van der Waals surface area contributed by atoms with Crippen LogP contribution in [-0.4, -0.2) is 61.7 Å². The van der Waals surface area contributed by atoms with Crippen molar-refractivity contribution in [2.24, 2.45) is 5.92 Å². The van der Waals surface area contributed by atoms with Crippen LogP contribution in [0, 0.1) is 5.92 Å². The molecule has 0 amide bonds. The smallest absolute Gasteiger partial charge is 0.0349 e. The van der Waals surface area contributed by atoms with E-state index in [1.165, 1.54) is 71.5 Å². The molecular formula is C13H25N3. The zero-order valence-electron chi connectivity index (χ0n) is 10.3. The molecule has 1 N–H and O–H groups in total. The molecule has 3 heterocycles. The summed E-state index contributed by atoms with van der Waals surface area (Å²) >= 11 is 0. The number of hydrogen-bond donors (Lipinski definition) is 1. The van der Waals surface area contributed by atoms with Crippen LogP contribution in [0.5, 0.6) is 0 Å². The van der Waals surface area contributed by atoms with Gasteiger partial charge < -0.3 is 5.32 Å². The summed E-state index contributed by atoms with van der Waals surface area (Å²) in [6.07, 6.45) is 5.87. The lowest BCUT2D eigenvalue weighted by molar-refractivity contribution is 0.0135. The van der Waals surface area contributed by atoms with E-state index in [1.807, 2.05) is 0 Å². The Morgan fingerprint density at radius 3 is 2.31 bits per heavy atom. The predicted octanol–water partition coefficient (Wildman–Crippen LogP) is 0.766. The van der Waals surface area contributed by atoms with Gasteiger partial charge in [0.25, 0.3) is 0 Å². The number of nitrogens with one attached hydrogen (secondary N) is 1. The van der Waals surface area contributed by atoms with Gasteiger partial charge in [-0.3, -0.25) is 9.80 Å². The van der Waals surface area contributed by atoms with Gasteiger partial charge in [-0.15, -0.1) is 0 Å². The standard InChI is InChI=1S/C13H25N3/c1-2-4-12(3-1)9-14-10-13-11-15-5-7-16(13)8-6-15/h12-14H,1-11H2. The average Bonchev–Trinajstić information content (AvgIpc) is 2.84. The van der Waals surface area contributed by atoms with Crippen LogP contribution < -0.4 is 5.32 Å². The molecule has 0 aromatic heterocycles. The van der Waals surface area contributed by atoms with E-state index in [1.54, 1.807) is 0 Å². The van der Waals surface area contributed by atoms with Gasteiger partial charge in [0.05, 0.1) is 0 Å². The van der Waals surface area contributed by atoms with E-state index in [0.717, 1.165) is 12.0 Å². The summed E-state index contributed by atoms with van der Waals surface area (Å²) in [6.45, 7) is 9.00. The lowest BCUT2D eigenvalue weighted by Crippen LogP contribution is -2.63. The van der Waals surface area contributed by atoms with E-state index in [-0.39, 0.29) is 0 Å². The fourth-order valence-electron chi connectivity index (χ4n) is 3.59. The van der Waals surface area contributed by atoms with Gasteiger partial charge in [0, 0.05) is 45.3 Å². The van der Waals surface area contributed by atoms with Crippen LogP contribution in [0.4, 0.5) is 0 Å². The molecule has 4 rings (SSSR count). The van der Waals surface area contributed by atoms with Gasteiger partial charge in [-0.25, -0.2) is 0 Å². The minimum atomic E-state index is 0.795. The molecule has 16 heavy (non-hydrogen) atoms. The van der Waals surface area contributed by atoms with Crippen molar-refractivity contribution in [3.8, 4) is 0 Å². The lowest BCUT2D eigenvalue weighted by Gasteiger charge is -2.47. The van der Waals surface area contributed by atoms with Gasteiger partial charge in [0.1, 0.15) is 0 Å². The van der Waals surface area contributed by atoms with Crippen molar-refractivity contribution in [1.82, 2.24) is 15.1 Å². The van der Waals surface area contributed by atoms with Crippen LogP contribution in [-0.2, 0) is 0 Å². The molecule has 1 aliphatic carbocycles. The summed E-state index contributed by atoms with van der Waals surface area (Å²) < 4.78 is 0. The summed E-state index contributed by atoms with van der Waals surface area (Å²) in [5.41, 5.74) is 0. The van der Waals surface area contributed by atoms with Crippen molar-refractivity contribution in [3.05, 3.63) is 0 Å². The number of piperazine rings is 3. The fourth-order valence-corrected chi connectivity index (χ4v) is 3.59. The first-order valence-corrected chi connectivity index (χ1v) is 7.09. The molecule has 3 nitrogen and oxygen atoms in total. The van der Waals surface area contributed by atoms with Crippen molar-refractivity contribution in [3.63, 3.8) is 0 Å². The Hall–Kier alpha value is -0.120. The van der Waals surface area contributed by atoms with Crippen LogP contribution in [0.25, 0.3) is 0 Å². The second-order valence-corrected chi connectivity index (χ2v) is 5.80. The van der Waals surface area contributed by atoms with Crippen molar-refractivity contribution < 1.29 is 0 Å². The van der Waals surface area contributed by atoms with Crippen LogP contribution in [0.2, 0.25) is 0 Å². The minimum Gasteiger partial charge on any atom is -0.315 e. The predicted molar refractivity (Wildman–Crippen MR) is 66.6 cm³/mol. The molecule has 0 aromatic carbocycles. The van der Waals surface area contributed by atoms with E-state index < -0.39 is 0 Å². The first kappa shape index (κ1) is 11.0. The number of hydrogen-bond acceptors (Lipinski definition) is 3. The Labute approximate surface area is 99.2 Å². The van der Waals surface area contributed by atoms with E-state index >= 15 is 0 Å². The zero-order valence-corrected chi connectivity index (χ0v) is 10.3. The van der Waals surface area contributed by atoms with E-state index in [9.17, 15) is 0 Å². The summed E-state index contributed by atoms with van der Waals surface area (Å²) in [7, 11) is 0. The molecule has 0 spiro atoms. The SMILES string of the molecule is C1CCC(CNCC2CN3CCN2CC3)C1. The van der Waals surface area contributed by atoms with Crippen LogP contribution in [0.1, 0.15) is 25.7 Å². The van der Waals surface area contributed by atoms with Gasteiger partial charge in [-0.05, 0) is 25.3 Å². The molecule has 0 aromatic rings. The molecule has 4 fully saturated rings. The highest BCUT2D eigenvalue weighted by Crippen LogP contribution is 2.23. The molecule has 1 unspecified atom stereocenters. The maximum atomic E-state index is 3.71. The first-order valence-electron chi connectivity index (χ1n) is 7.09. The van der Waals surface area contributed by atoms with E-state index in [4.69, 9.17) is 0 Å². The number of rotatable bonds is 4. The van der Waals surface area contributed by atoms with Gasteiger partial charge in [0.2, 0.25) is 0 Å². The molecule has 0 radical (unpaired) electrons. The monoisotopic (exact) mass is 223 g/mol. The van der Waals surface area contributed by atoms with E-state index in [2.05, 4.69) is 15.1 Å². The topological polar surface area (TPSA) is 18.5 Å². The fraction of sp³-hybridized carbons (Fsp3) is 1.00. The Kier molecular flexibility index (Phi) is 3.46. The molecule has 3 heteroatoms. The molecule has 4 aliphatic rings. The largest absolute Gasteiger partial charge is 0.315 e. The minimum absolute atomic E-state index is 0.795. The Morgan fingerprint density at radius 2 is 1.69 bits per heavy atom. The first-order chi connectivity index (χ1) is 7.92. The number of nitrogens with zero attached hydrogens (tertiary/aromatic N) is 2. The van der Waals surface area contributed by atoms with Crippen molar-refractivity contribution >= 4 is 0 Å². The summed E-state index contributed by atoms with van der Waals surface area (Å²) in [4.78, 5) is 5.31. The molecule has 1 atom stereocenters. The van der Waals surface area contributed by atoms with E-state index in [0.29, 0.717) is 0 Å². The highest BCUT2D eigenvalue weighted by atomic mass is 15.3. The molecule has 1 saturated carbocycles.